The quantitative estimate of drug-likeness (QED) is 0.754. The lowest BCUT2D eigenvalue weighted by molar-refractivity contribution is 0.0696. The summed E-state index contributed by atoms with van der Waals surface area (Å²) < 4.78 is 7.29. The molecule has 3 aromatic rings. The van der Waals surface area contributed by atoms with Gasteiger partial charge in [0.1, 0.15) is 12.4 Å². The fourth-order valence-corrected chi connectivity index (χ4v) is 3.40. The number of hydrogen-bond donors (Lipinski definition) is 1. The second-order valence-corrected chi connectivity index (χ2v) is 6.72. The van der Waals surface area contributed by atoms with Gasteiger partial charge in [0, 0.05) is 37.9 Å². The average Bonchev–Trinajstić information content (AvgIpc) is 3.16. The third kappa shape index (κ3) is 3.64. The number of aromatic carboxylic acids is 1. The van der Waals surface area contributed by atoms with Crippen molar-refractivity contribution in [1.82, 2.24) is 9.30 Å². The van der Waals surface area contributed by atoms with Gasteiger partial charge in [0.2, 0.25) is 0 Å². The maximum Gasteiger partial charge on any atom is 0.410 e. The minimum absolute atomic E-state index is 0.244. The van der Waals surface area contributed by atoms with E-state index in [4.69, 9.17) is 4.74 Å². The number of anilines is 1. The molecule has 0 saturated carbocycles. The highest BCUT2D eigenvalue weighted by Crippen LogP contribution is 2.22. The summed E-state index contributed by atoms with van der Waals surface area (Å²) in [5.74, 6) is -0.0251. The summed E-state index contributed by atoms with van der Waals surface area (Å²) in [6.45, 7) is 2.69. The first-order valence-corrected chi connectivity index (χ1v) is 9.17. The van der Waals surface area contributed by atoms with Gasteiger partial charge in [0.15, 0.2) is 0 Å². The predicted molar refractivity (Wildman–Crippen MR) is 105 cm³/mol. The molecular weight excluding hydrogens is 358 g/mol. The zero-order valence-corrected chi connectivity index (χ0v) is 15.3. The molecule has 2 aromatic heterocycles. The molecule has 28 heavy (non-hydrogen) atoms. The molecule has 0 bridgehead atoms. The van der Waals surface area contributed by atoms with Crippen LogP contribution in [0.4, 0.5) is 10.6 Å². The van der Waals surface area contributed by atoms with Crippen LogP contribution in [-0.2, 0) is 11.3 Å². The molecule has 3 heterocycles. The molecule has 1 N–H and O–H groups in total. The first-order chi connectivity index (χ1) is 13.6. The minimum Gasteiger partial charge on any atom is -0.478 e. The van der Waals surface area contributed by atoms with Crippen molar-refractivity contribution in [2.45, 2.75) is 6.61 Å². The molecule has 1 amide bonds. The summed E-state index contributed by atoms with van der Waals surface area (Å²) in [7, 11) is 0. The van der Waals surface area contributed by atoms with E-state index in [2.05, 4.69) is 4.90 Å². The highest BCUT2D eigenvalue weighted by atomic mass is 16.6. The van der Waals surface area contributed by atoms with Crippen molar-refractivity contribution in [3.8, 4) is 0 Å². The van der Waals surface area contributed by atoms with E-state index < -0.39 is 5.97 Å². The number of nitrogens with zero attached hydrogens (tertiary/aromatic N) is 3. The van der Waals surface area contributed by atoms with E-state index in [-0.39, 0.29) is 18.3 Å². The van der Waals surface area contributed by atoms with Gasteiger partial charge >= 0.3 is 12.1 Å². The van der Waals surface area contributed by atoms with E-state index in [1.54, 1.807) is 23.2 Å². The van der Waals surface area contributed by atoms with Gasteiger partial charge in [-0.3, -0.25) is 0 Å². The normalized spacial score (nSPS) is 14.3. The molecule has 0 unspecified atom stereocenters. The van der Waals surface area contributed by atoms with Crippen molar-refractivity contribution in [2.75, 3.05) is 31.1 Å². The Hall–Kier alpha value is -3.48. The van der Waals surface area contributed by atoms with Gasteiger partial charge in [0.25, 0.3) is 0 Å². The van der Waals surface area contributed by atoms with Crippen LogP contribution in [0.2, 0.25) is 0 Å². The maximum absolute atomic E-state index is 12.3. The molecule has 1 aliphatic heterocycles. The maximum atomic E-state index is 12.3. The van der Waals surface area contributed by atoms with Crippen LogP contribution in [0.5, 0.6) is 0 Å². The molecule has 1 aromatic carbocycles. The van der Waals surface area contributed by atoms with Gasteiger partial charge in [-0.1, -0.05) is 30.3 Å². The third-order valence-corrected chi connectivity index (χ3v) is 4.94. The largest absolute Gasteiger partial charge is 0.478 e. The lowest BCUT2D eigenvalue weighted by atomic mass is 10.2. The van der Waals surface area contributed by atoms with E-state index in [9.17, 15) is 14.7 Å². The number of rotatable bonds is 4. The Morgan fingerprint density at radius 1 is 0.929 bits per heavy atom. The SMILES string of the molecule is O=C(O)c1ccc2ccc(N3CCN(C(=O)OCc4ccccc4)CC3)n2c1. The molecule has 0 spiro atoms. The lowest BCUT2D eigenvalue weighted by Gasteiger charge is -2.35. The monoisotopic (exact) mass is 379 g/mol. The number of amides is 1. The van der Waals surface area contributed by atoms with Crippen LogP contribution >= 0.6 is 0 Å². The molecule has 4 rings (SSSR count). The fourth-order valence-electron chi connectivity index (χ4n) is 3.40. The lowest BCUT2D eigenvalue weighted by Crippen LogP contribution is -2.49. The van der Waals surface area contributed by atoms with E-state index in [0.29, 0.717) is 26.2 Å². The number of benzene rings is 1. The number of hydrogen-bond acceptors (Lipinski definition) is 4. The zero-order chi connectivity index (χ0) is 19.5. The van der Waals surface area contributed by atoms with Crippen LogP contribution in [0, 0.1) is 0 Å². The molecule has 0 radical (unpaired) electrons. The van der Waals surface area contributed by atoms with Gasteiger partial charge in [-0.05, 0) is 29.8 Å². The number of pyridine rings is 1. The van der Waals surface area contributed by atoms with E-state index in [1.165, 1.54) is 0 Å². The fraction of sp³-hybridized carbons (Fsp3) is 0.238. The summed E-state index contributed by atoms with van der Waals surface area (Å²) in [4.78, 5) is 27.4. The Morgan fingerprint density at radius 2 is 1.64 bits per heavy atom. The van der Waals surface area contributed by atoms with Crippen molar-refractivity contribution < 1.29 is 19.4 Å². The molecule has 7 nitrogen and oxygen atoms in total. The highest BCUT2D eigenvalue weighted by Gasteiger charge is 2.23. The second kappa shape index (κ2) is 7.64. The number of aromatic nitrogens is 1. The van der Waals surface area contributed by atoms with Gasteiger partial charge in [-0.2, -0.15) is 0 Å². The number of ether oxygens (including phenoxy) is 1. The number of carboxylic acids is 1. The number of carbonyl (C=O) groups excluding carboxylic acids is 1. The standard InChI is InChI=1S/C21H21N3O4/c25-20(26)17-6-7-18-8-9-19(24(18)14-17)22-10-12-23(13-11-22)21(27)28-15-16-4-2-1-3-5-16/h1-9,14H,10-13,15H2,(H,25,26). The summed E-state index contributed by atoms with van der Waals surface area (Å²) in [5.41, 5.74) is 2.14. The smallest absolute Gasteiger partial charge is 0.410 e. The first-order valence-electron chi connectivity index (χ1n) is 9.17. The minimum atomic E-state index is -0.951. The summed E-state index contributed by atoms with van der Waals surface area (Å²) in [6.07, 6.45) is 1.32. The Labute approximate surface area is 162 Å². The average molecular weight is 379 g/mol. The van der Waals surface area contributed by atoms with Gasteiger partial charge in [-0.25, -0.2) is 9.59 Å². The van der Waals surface area contributed by atoms with E-state index in [0.717, 1.165) is 16.9 Å². The molecular formula is C21H21N3O4. The first kappa shape index (κ1) is 17.9. The Balaban J connectivity index is 1.39. The Morgan fingerprint density at radius 3 is 2.36 bits per heavy atom. The van der Waals surface area contributed by atoms with Crippen LogP contribution < -0.4 is 4.90 Å². The molecule has 1 aliphatic rings. The topological polar surface area (TPSA) is 74.5 Å². The van der Waals surface area contributed by atoms with Crippen molar-refractivity contribution in [2.24, 2.45) is 0 Å². The van der Waals surface area contributed by atoms with Gasteiger partial charge < -0.3 is 24.0 Å². The molecule has 0 atom stereocenters. The van der Waals surface area contributed by atoms with Crippen molar-refractivity contribution in [3.63, 3.8) is 0 Å². The van der Waals surface area contributed by atoms with E-state index in [1.807, 2.05) is 46.9 Å². The van der Waals surface area contributed by atoms with Gasteiger partial charge in [-0.15, -0.1) is 0 Å². The van der Waals surface area contributed by atoms with Crippen LogP contribution in [0.3, 0.4) is 0 Å². The Kier molecular flexibility index (Phi) is 4.89. The Bertz CT molecular complexity index is 991. The van der Waals surface area contributed by atoms with Crippen LogP contribution in [-0.4, -0.2) is 52.6 Å². The van der Waals surface area contributed by atoms with Crippen LogP contribution in [0.15, 0.2) is 60.8 Å². The predicted octanol–water partition coefficient (Wildman–Crippen LogP) is 3.10. The summed E-state index contributed by atoms with van der Waals surface area (Å²) >= 11 is 0. The van der Waals surface area contributed by atoms with Gasteiger partial charge in [0.05, 0.1) is 5.56 Å². The number of fused-ring (bicyclic) bond motifs is 1. The molecule has 1 fully saturated rings. The van der Waals surface area contributed by atoms with Crippen molar-refractivity contribution in [3.05, 3.63) is 71.9 Å². The highest BCUT2D eigenvalue weighted by molar-refractivity contribution is 5.88. The molecule has 0 aliphatic carbocycles. The summed E-state index contributed by atoms with van der Waals surface area (Å²) in [6, 6.07) is 16.9. The van der Waals surface area contributed by atoms with Crippen molar-refractivity contribution >= 4 is 23.4 Å². The second-order valence-electron chi connectivity index (χ2n) is 6.72. The third-order valence-electron chi connectivity index (χ3n) is 4.94. The van der Waals surface area contributed by atoms with Crippen LogP contribution in [0.25, 0.3) is 5.52 Å². The molecule has 1 saturated heterocycles. The van der Waals surface area contributed by atoms with Crippen molar-refractivity contribution in [1.29, 1.82) is 0 Å². The molecule has 7 heteroatoms. The van der Waals surface area contributed by atoms with Crippen LogP contribution in [0.1, 0.15) is 15.9 Å². The van der Waals surface area contributed by atoms with E-state index >= 15 is 0 Å². The molecule has 144 valence electrons. The number of piperazine rings is 1. The zero-order valence-electron chi connectivity index (χ0n) is 15.3. The number of carbonyl (C=O) groups is 2. The number of carboxylic acid groups (broad SMARTS) is 1. The summed E-state index contributed by atoms with van der Waals surface area (Å²) in [5, 5.41) is 9.23.